The van der Waals surface area contributed by atoms with Crippen LogP contribution in [-0.4, -0.2) is 20.2 Å². The zero-order chi connectivity index (χ0) is 15.3. The van der Waals surface area contributed by atoms with Gasteiger partial charge in [-0.15, -0.1) is 0 Å². The van der Waals surface area contributed by atoms with Crippen LogP contribution in [0.2, 0.25) is 5.28 Å². The van der Waals surface area contributed by atoms with Crippen molar-refractivity contribution in [2.24, 2.45) is 0 Å². The van der Waals surface area contributed by atoms with Gasteiger partial charge in [-0.2, -0.15) is 10.1 Å². The third kappa shape index (κ3) is 2.52. The molecule has 4 rings (SSSR count). The number of anilines is 2. The van der Waals surface area contributed by atoms with Crippen molar-refractivity contribution in [2.75, 3.05) is 5.32 Å². The zero-order valence-electron chi connectivity index (χ0n) is 11.2. The fourth-order valence-electron chi connectivity index (χ4n) is 2.35. The first-order valence-electron chi connectivity index (χ1n) is 6.75. The summed E-state index contributed by atoms with van der Waals surface area (Å²) in [6.07, 6.45) is 2.00. The molecule has 2 heterocycles. The molecule has 8 heteroatoms. The van der Waals surface area contributed by atoms with Gasteiger partial charge in [-0.1, -0.05) is 0 Å². The van der Waals surface area contributed by atoms with Gasteiger partial charge in [0.25, 0.3) is 0 Å². The van der Waals surface area contributed by atoms with Crippen LogP contribution in [0.4, 0.5) is 16.0 Å². The number of nitrogens with zero attached hydrogens (tertiary/aromatic N) is 3. The molecule has 0 amide bonds. The monoisotopic (exact) mass is 429 g/mol. The molecule has 2 N–H and O–H groups in total. The Morgan fingerprint density at radius 1 is 1.27 bits per heavy atom. The van der Waals surface area contributed by atoms with E-state index in [1.807, 2.05) is 18.2 Å². The predicted molar refractivity (Wildman–Crippen MR) is 91.1 cm³/mol. The van der Waals surface area contributed by atoms with Gasteiger partial charge in [0.1, 0.15) is 5.82 Å². The Morgan fingerprint density at radius 3 is 2.86 bits per heavy atom. The van der Waals surface area contributed by atoms with Crippen LogP contribution in [0.3, 0.4) is 0 Å². The second kappa shape index (κ2) is 5.31. The van der Waals surface area contributed by atoms with Crippen LogP contribution >= 0.6 is 34.2 Å². The van der Waals surface area contributed by atoms with Crippen LogP contribution < -0.4 is 5.32 Å². The molecule has 0 bridgehead atoms. The third-order valence-electron chi connectivity index (χ3n) is 3.59. The first-order chi connectivity index (χ1) is 10.6. The molecule has 0 unspecified atom stereocenters. The van der Waals surface area contributed by atoms with Crippen LogP contribution in [0.25, 0.3) is 10.9 Å². The molecule has 0 saturated heterocycles. The maximum Gasteiger partial charge on any atom is 0.224 e. The van der Waals surface area contributed by atoms with Crippen LogP contribution in [0.15, 0.2) is 18.2 Å². The van der Waals surface area contributed by atoms with Gasteiger partial charge in [0.2, 0.25) is 5.28 Å². The Bertz CT molecular complexity index is 877. The number of benzene rings is 1. The van der Waals surface area contributed by atoms with Crippen molar-refractivity contribution < 1.29 is 4.39 Å². The molecule has 1 aliphatic rings. The molecular weight excluding hydrogens is 420 g/mol. The highest BCUT2D eigenvalue weighted by atomic mass is 127. The molecule has 0 spiro atoms. The highest BCUT2D eigenvalue weighted by Gasteiger charge is 2.30. The molecule has 0 aliphatic heterocycles. The van der Waals surface area contributed by atoms with Gasteiger partial charge in [0.05, 0.1) is 11.2 Å². The van der Waals surface area contributed by atoms with E-state index in [1.165, 1.54) is 0 Å². The van der Waals surface area contributed by atoms with Crippen molar-refractivity contribution >= 4 is 56.7 Å². The summed E-state index contributed by atoms with van der Waals surface area (Å²) < 4.78 is 15.4. The summed E-state index contributed by atoms with van der Waals surface area (Å²) in [4.78, 5) is 8.34. The molecule has 1 aliphatic carbocycles. The van der Waals surface area contributed by atoms with Crippen LogP contribution in [0, 0.1) is 9.39 Å². The van der Waals surface area contributed by atoms with Crippen molar-refractivity contribution in [3.63, 3.8) is 0 Å². The highest BCUT2D eigenvalue weighted by Crippen LogP contribution is 2.41. The number of aromatic nitrogens is 4. The van der Waals surface area contributed by atoms with Crippen molar-refractivity contribution in [3.05, 3.63) is 38.6 Å². The summed E-state index contributed by atoms with van der Waals surface area (Å²) in [6, 6.07) is 5.70. The van der Waals surface area contributed by atoms with Gasteiger partial charge in [-0.05, 0) is 65.2 Å². The van der Waals surface area contributed by atoms with Gasteiger partial charge in [-0.3, -0.25) is 5.10 Å². The molecule has 1 fully saturated rings. The lowest BCUT2D eigenvalue weighted by atomic mass is 10.2. The van der Waals surface area contributed by atoms with Crippen LogP contribution in [-0.2, 0) is 0 Å². The minimum absolute atomic E-state index is 0.106. The number of hydrogen-bond acceptors (Lipinski definition) is 4. The smallest absolute Gasteiger partial charge is 0.224 e. The number of hydrogen-bond donors (Lipinski definition) is 2. The van der Waals surface area contributed by atoms with Crippen molar-refractivity contribution in [1.29, 1.82) is 0 Å². The minimum atomic E-state index is -0.351. The Labute approximate surface area is 143 Å². The Kier molecular flexibility index (Phi) is 3.41. The number of nitrogens with one attached hydrogen (secondary N) is 2. The lowest BCUT2D eigenvalue weighted by molar-refractivity contribution is 0.614. The summed E-state index contributed by atoms with van der Waals surface area (Å²) in [5, 5.41) is 10.6. The van der Waals surface area contributed by atoms with Gasteiger partial charge in [-0.25, -0.2) is 9.37 Å². The summed E-state index contributed by atoms with van der Waals surface area (Å²) in [5.74, 6) is 0.490. The fraction of sp³-hybridized carbons (Fsp3) is 0.214. The first kappa shape index (κ1) is 14.1. The molecule has 22 heavy (non-hydrogen) atoms. The number of H-pyrrole nitrogens is 1. The number of fused-ring (bicyclic) bond motifs is 1. The Hall–Kier alpha value is -1.48. The van der Waals surface area contributed by atoms with E-state index in [0.717, 1.165) is 21.8 Å². The quantitative estimate of drug-likeness (QED) is 0.479. The first-order valence-corrected chi connectivity index (χ1v) is 8.21. The van der Waals surface area contributed by atoms with Crippen LogP contribution in [0.5, 0.6) is 0 Å². The van der Waals surface area contributed by atoms with Crippen LogP contribution in [0.1, 0.15) is 24.5 Å². The lowest BCUT2D eigenvalue weighted by Gasteiger charge is -2.07. The zero-order valence-corrected chi connectivity index (χ0v) is 14.1. The predicted octanol–water partition coefficient (Wildman–Crippen LogP) is 4.37. The summed E-state index contributed by atoms with van der Waals surface area (Å²) in [5.41, 5.74) is 1.25. The Balaban J connectivity index is 1.79. The summed E-state index contributed by atoms with van der Waals surface area (Å²) in [7, 11) is 0. The van der Waals surface area contributed by atoms with Gasteiger partial charge in [0.15, 0.2) is 11.6 Å². The van der Waals surface area contributed by atoms with Crippen molar-refractivity contribution in [2.45, 2.75) is 18.8 Å². The SMILES string of the molecule is Fc1c(Nc2nc(Cl)nc3ccc(I)cc23)n[nH]c1C1CC1. The summed E-state index contributed by atoms with van der Waals surface area (Å²) in [6.45, 7) is 0. The van der Waals surface area contributed by atoms with E-state index < -0.39 is 0 Å². The number of rotatable bonds is 3. The highest BCUT2D eigenvalue weighted by molar-refractivity contribution is 14.1. The van der Waals surface area contributed by atoms with E-state index in [2.05, 4.69) is 48.1 Å². The van der Waals surface area contributed by atoms with E-state index in [-0.39, 0.29) is 22.8 Å². The molecule has 0 atom stereocenters. The van der Waals surface area contributed by atoms with Crippen molar-refractivity contribution in [3.8, 4) is 0 Å². The second-order valence-corrected chi connectivity index (χ2v) is 6.79. The molecule has 1 saturated carbocycles. The standard InChI is InChI=1S/C14H10ClFIN5/c15-14-18-9-4-3-7(17)5-8(9)12(20-14)19-13-10(16)11(21-22-13)6-1-2-6/h3-6H,1-2H2,(H2,18,19,20,21,22). The lowest BCUT2D eigenvalue weighted by Crippen LogP contribution is -1.99. The second-order valence-electron chi connectivity index (χ2n) is 5.20. The fourth-order valence-corrected chi connectivity index (χ4v) is 3.01. The molecule has 5 nitrogen and oxygen atoms in total. The van der Waals surface area contributed by atoms with E-state index >= 15 is 0 Å². The molecule has 112 valence electrons. The topological polar surface area (TPSA) is 66.5 Å². The largest absolute Gasteiger partial charge is 0.320 e. The normalized spacial score (nSPS) is 14.5. The molecule has 1 aromatic carbocycles. The molecule has 2 aromatic heterocycles. The van der Waals surface area contributed by atoms with E-state index in [0.29, 0.717) is 17.0 Å². The van der Waals surface area contributed by atoms with Gasteiger partial charge in [0, 0.05) is 14.9 Å². The van der Waals surface area contributed by atoms with E-state index in [1.54, 1.807) is 0 Å². The number of aromatic amines is 1. The molecule has 0 radical (unpaired) electrons. The van der Waals surface area contributed by atoms with E-state index in [4.69, 9.17) is 11.6 Å². The van der Waals surface area contributed by atoms with E-state index in [9.17, 15) is 4.39 Å². The number of halogens is 3. The van der Waals surface area contributed by atoms with Gasteiger partial charge < -0.3 is 5.32 Å². The average molecular weight is 430 g/mol. The third-order valence-corrected chi connectivity index (χ3v) is 4.43. The minimum Gasteiger partial charge on any atom is -0.320 e. The Morgan fingerprint density at radius 2 is 2.09 bits per heavy atom. The van der Waals surface area contributed by atoms with Crippen molar-refractivity contribution in [1.82, 2.24) is 20.2 Å². The molecular formula is C14H10ClFIN5. The van der Waals surface area contributed by atoms with Gasteiger partial charge >= 0.3 is 0 Å². The molecule has 3 aromatic rings. The maximum absolute atomic E-state index is 14.4. The summed E-state index contributed by atoms with van der Waals surface area (Å²) >= 11 is 8.15. The maximum atomic E-state index is 14.4. The average Bonchev–Trinajstić information content (AvgIpc) is 3.26.